The second kappa shape index (κ2) is 5.52. The van der Waals surface area contributed by atoms with Gasteiger partial charge in [-0.3, -0.25) is 10.1 Å². The molecule has 0 radical (unpaired) electrons. The van der Waals surface area contributed by atoms with E-state index in [0.717, 1.165) is 6.07 Å². The van der Waals surface area contributed by atoms with Crippen molar-refractivity contribution in [2.24, 2.45) is 0 Å². The minimum absolute atomic E-state index is 0.105. The van der Waals surface area contributed by atoms with E-state index in [-0.39, 0.29) is 18.1 Å². The zero-order chi connectivity index (χ0) is 14.7. The summed E-state index contributed by atoms with van der Waals surface area (Å²) in [5.74, 6) is -1.05. The maximum atomic E-state index is 13.2. The molecule has 0 aliphatic rings. The molecule has 104 valence electrons. The normalized spacial score (nSPS) is 10.3. The molecule has 2 aromatic rings. The van der Waals surface area contributed by atoms with Crippen LogP contribution in [0.1, 0.15) is 11.1 Å². The van der Waals surface area contributed by atoms with Crippen molar-refractivity contribution in [2.75, 3.05) is 5.32 Å². The largest absolute Gasteiger partial charge is 0.505 e. The summed E-state index contributed by atoms with van der Waals surface area (Å²) in [6.07, 6.45) is 1.46. The number of pyridine rings is 1. The molecule has 20 heavy (non-hydrogen) atoms. The molecule has 0 saturated carbocycles. The molecule has 0 fully saturated rings. The van der Waals surface area contributed by atoms with Crippen molar-refractivity contribution in [3.05, 3.63) is 57.5 Å². The molecule has 7 heteroatoms. The highest BCUT2D eigenvalue weighted by molar-refractivity contribution is 5.59. The van der Waals surface area contributed by atoms with Gasteiger partial charge in [0, 0.05) is 18.3 Å². The van der Waals surface area contributed by atoms with Crippen molar-refractivity contribution in [1.82, 2.24) is 4.98 Å². The summed E-state index contributed by atoms with van der Waals surface area (Å²) in [6.45, 7) is 1.78. The number of aryl methyl sites for hydroxylation is 1. The molecule has 0 spiro atoms. The van der Waals surface area contributed by atoms with Crippen LogP contribution in [0.3, 0.4) is 0 Å². The van der Waals surface area contributed by atoms with Gasteiger partial charge in [-0.25, -0.2) is 9.37 Å². The molecular weight excluding hydrogens is 265 g/mol. The maximum absolute atomic E-state index is 13.2. The number of rotatable bonds is 4. The number of nitro groups is 1. The van der Waals surface area contributed by atoms with Gasteiger partial charge in [0.15, 0.2) is 11.6 Å². The smallest absolute Gasteiger partial charge is 0.314 e. The van der Waals surface area contributed by atoms with Gasteiger partial charge in [0.2, 0.25) is 5.82 Å². The van der Waals surface area contributed by atoms with Crippen LogP contribution in [-0.2, 0) is 6.54 Å². The van der Waals surface area contributed by atoms with E-state index in [9.17, 15) is 14.5 Å². The van der Waals surface area contributed by atoms with Crippen molar-refractivity contribution in [2.45, 2.75) is 13.5 Å². The van der Waals surface area contributed by atoms with Crippen LogP contribution in [0.5, 0.6) is 5.75 Å². The SMILES string of the molecule is Cc1ccnc(NCc2ccc(O)c(F)c2)c1[N+](=O)[O-]. The molecule has 6 nitrogen and oxygen atoms in total. The monoisotopic (exact) mass is 277 g/mol. The highest BCUT2D eigenvalue weighted by Gasteiger charge is 2.18. The van der Waals surface area contributed by atoms with E-state index in [1.165, 1.54) is 18.3 Å². The Bertz CT molecular complexity index is 661. The van der Waals surface area contributed by atoms with Gasteiger partial charge in [-0.15, -0.1) is 0 Å². The van der Waals surface area contributed by atoms with Crippen LogP contribution in [-0.4, -0.2) is 15.0 Å². The van der Waals surface area contributed by atoms with Gasteiger partial charge < -0.3 is 10.4 Å². The van der Waals surface area contributed by atoms with E-state index in [4.69, 9.17) is 5.11 Å². The van der Waals surface area contributed by atoms with Crippen LogP contribution < -0.4 is 5.32 Å². The number of hydrogen-bond donors (Lipinski definition) is 2. The number of nitrogens with zero attached hydrogens (tertiary/aromatic N) is 2. The number of phenols is 1. The predicted octanol–water partition coefficient (Wildman–Crippen LogP) is 2.76. The van der Waals surface area contributed by atoms with Crippen LogP contribution >= 0.6 is 0 Å². The number of phenolic OH excluding ortho intramolecular Hbond substituents is 1. The third-order valence-electron chi connectivity index (χ3n) is 2.78. The Morgan fingerprint density at radius 3 is 2.85 bits per heavy atom. The molecule has 1 aromatic heterocycles. The molecule has 0 saturated heterocycles. The number of halogens is 1. The Kier molecular flexibility index (Phi) is 3.79. The lowest BCUT2D eigenvalue weighted by molar-refractivity contribution is -0.384. The third kappa shape index (κ3) is 2.82. The summed E-state index contributed by atoms with van der Waals surface area (Å²) >= 11 is 0. The minimum Gasteiger partial charge on any atom is -0.505 e. The van der Waals surface area contributed by atoms with Gasteiger partial charge in [0.25, 0.3) is 0 Å². The van der Waals surface area contributed by atoms with Crippen molar-refractivity contribution >= 4 is 11.5 Å². The van der Waals surface area contributed by atoms with Crippen LogP contribution in [0.15, 0.2) is 30.5 Å². The van der Waals surface area contributed by atoms with Crippen LogP contribution in [0.2, 0.25) is 0 Å². The molecule has 0 unspecified atom stereocenters. The summed E-state index contributed by atoms with van der Waals surface area (Å²) < 4.78 is 13.2. The number of benzene rings is 1. The fourth-order valence-electron chi connectivity index (χ4n) is 1.76. The quantitative estimate of drug-likeness (QED) is 0.662. The Labute approximate surface area is 114 Å². The second-order valence-corrected chi connectivity index (χ2v) is 4.22. The first-order valence-electron chi connectivity index (χ1n) is 5.80. The fourth-order valence-corrected chi connectivity index (χ4v) is 1.76. The first-order chi connectivity index (χ1) is 9.49. The van der Waals surface area contributed by atoms with Gasteiger partial charge in [0.1, 0.15) is 0 Å². The van der Waals surface area contributed by atoms with Gasteiger partial charge >= 0.3 is 5.69 Å². The zero-order valence-corrected chi connectivity index (χ0v) is 10.6. The van der Waals surface area contributed by atoms with Crippen LogP contribution in [0, 0.1) is 22.9 Å². The first-order valence-corrected chi connectivity index (χ1v) is 5.80. The zero-order valence-electron chi connectivity index (χ0n) is 10.6. The lowest BCUT2D eigenvalue weighted by Crippen LogP contribution is -2.06. The van der Waals surface area contributed by atoms with Crippen LogP contribution in [0.4, 0.5) is 15.9 Å². The fraction of sp³-hybridized carbons (Fsp3) is 0.154. The average molecular weight is 277 g/mol. The molecule has 0 aliphatic heterocycles. The van der Waals surface area contributed by atoms with Gasteiger partial charge in [-0.05, 0) is 30.7 Å². The molecule has 0 atom stereocenters. The molecule has 2 rings (SSSR count). The van der Waals surface area contributed by atoms with Crippen LogP contribution in [0.25, 0.3) is 0 Å². The Balaban J connectivity index is 2.21. The number of anilines is 1. The van der Waals surface area contributed by atoms with E-state index in [0.29, 0.717) is 11.1 Å². The molecule has 2 N–H and O–H groups in total. The van der Waals surface area contributed by atoms with Gasteiger partial charge in [0.05, 0.1) is 4.92 Å². The molecular formula is C13H12FN3O3. The molecule has 1 aromatic carbocycles. The maximum Gasteiger partial charge on any atom is 0.314 e. The topological polar surface area (TPSA) is 88.3 Å². The Hall–Kier alpha value is -2.70. The summed E-state index contributed by atoms with van der Waals surface area (Å²) in [6, 6.07) is 5.45. The standard InChI is InChI=1S/C13H12FN3O3/c1-8-4-5-15-13(12(8)17(19)20)16-7-9-2-3-11(18)10(14)6-9/h2-6,18H,7H2,1H3,(H,15,16). The summed E-state index contributed by atoms with van der Waals surface area (Å²) in [5, 5.41) is 22.9. The van der Waals surface area contributed by atoms with Gasteiger partial charge in [-0.2, -0.15) is 0 Å². The summed E-state index contributed by atoms with van der Waals surface area (Å²) in [5.41, 5.74) is 0.925. The first kappa shape index (κ1) is 13.7. The summed E-state index contributed by atoms with van der Waals surface area (Å²) in [7, 11) is 0. The highest BCUT2D eigenvalue weighted by atomic mass is 19.1. The Morgan fingerprint density at radius 1 is 1.45 bits per heavy atom. The van der Waals surface area contributed by atoms with Crippen molar-refractivity contribution in [3.63, 3.8) is 0 Å². The predicted molar refractivity (Wildman–Crippen MR) is 71.0 cm³/mol. The lowest BCUT2D eigenvalue weighted by Gasteiger charge is -2.08. The Morgan fingerprint density at radius 2 is 2.20 bits per heavy atom. The average Bonchev–Trinajstić information content (AvgIpc) is 2.39. The van der Waals surface area contributed by atoms with E-state index in [2.05, 4.69) is 10.3 Å². The van der Waals surface area contributed by atoms with E-state index in [1.54, 1.807) is 13.0 Å². The highest BCUT2D eigenvalue weighted by Crippen LogP contribution is 2.26. The van der Waals surface area contributed by atoms with E-state index >= 15 is 0 Å². The molecule has 0 bridgehead atoms. The molecule has 0 amide bonds. The van der Waals surface area contributed by atoms with E-state index in [1.807, 2.05) is 0 Å². The number of nitrogens with one attached hydrogen (secondary N) is 1. The van der Waals surface area contributed by atoms with Crippen molar-refractivity contribution < 1.29 is 14.4 Å². The van der Waals surface area contributed by atoms with Crippen molar-refractivity contribution in [3.8, 4) is 5.75 Å². The molecule has 1 heterocycles. The second-order valence-electron chi connectivity index (χ2n) is 4.22. The molecule has 0 aliphatic carbocycles. The number of hydrogen-bond acceptors (Lipinski definition) is 5. The number of aromatic hydroxyl groups is 1. The van der Waals surface area contributed by atoms with Gasteiger partial charge in [-0.1, -0.05) is 6.07 Å². The number of aromatic nitrogens is 1. The van der Waals surface area contributed by atoms with Crippen molar-refractivity contribution in [1.29, 1.82) is 0 Å². The minimum atomic E-state index is -0.740. The lowest BCUT2D eigenvalue weighted by atomic mass is 10.2. The van der Waals surface area contributed by atoms with E-state index < -0.39 is 16.5 Å². The third-order valence-corrected chi connectivity index (χ3v) is 2.78. The summed E-state index contributed by atoms with van der Waals surface area (Å²) in [4.78, 5) is 14.4.